The number of thioether (sulfide) groups is 1. The third kappa shape index (κ3) is 3.57. The minimum Gasteiger partial charge on any atom is -0.493 e. The maximum Gasteiger partial charge on any atom is 0.266 e. The van der Waals surface area contributed by atoms with Crippen molar-refractivity contribution >= 4 is 34.7 Å². The molecule has 0 N–H and O–H groups in total. The van der Waals surface area contributed by atoms with Gasteiger partial charge in [0.05, 0.1) is 19.1 Å². The monoisotopic (exact) mass is 369 g/mol. The molecule has 1 aromatic heterocycles. The number of nitrogens with zero attached hydrogens (tertiary/aromatic N) is 3. The number of hydrogen-bond donors (Lipinski definition) is 0. The summed E-state index contributed by atoms with van der Waals surface area (Å²) in [6.07, 6.45) is 1.79. The van der Waals surface area contributed by atoms with Crippen molar-refractivity contribution in [2.24, 2.45) is 4.99 Å². The molecule has 0 atom stereocenters. The lowest BCUT2D eigenvalue weighted by molar-refractivity contribution is -0.121. The van der Waals surface area contributed by atoms with Gasteiger partial charge in [0, 0.05) is 18.3 Å². The largest absolute Gasteiger partial charge is 0.493 e. The van der Waals surface area contributed by atoms with Gasteiger partial charge in [0.1, 0.15) is 0 Å². The van der Waals surface area contributed by atoms with Crippen molar-refractivity contribution < 1.29 is 14.3 Å². The summed E-state index contributed by atoms with van der Waals surface area (Å²) >= 11 is 1.31. The van der Waals surface area contributed by atoms with Crippen LogP contribution in [0.15, 0.2) is 46.3 Å². The molecule has 1 amide bonds. The average Bonchev–Trinajstić information content (AvgIpc) is 2.89. The summed E-state index contributed by atoms with van der Waals surface area (Å²) in [5.41, 5.74) is 1.65. The number of carbonyl (C=O) groups excluding carboxylic acids is 1. The van der Waals surface area contributed by atoms with E-state index >= 15 is 0 Å². The fourth-order valence-electron chi connectivity index (χ4n) is 2.51. The third-order valence-corrected chi connectivity index (χ3v) is 4.87. The highest BCUT2D eigenvalue weighted by molar-refractivity contribution is 8.18. The van der Waals surface area contributed by atoms with Crippen LogP contribution in [0.5, 0.6) is 11.5 Å². The molecule has 1 fully saturated rings. The number of aryl methyl sites for hydroxylation is 1. The summed E-state index contributed by atoms with van der Waals surface area (Å²) < 4.78 is 10.7. The molecule has 0 radical (unpaired) electrons. The first-order valence-corrected chi connectivity index (χ1v) is 8.76. The van der Waals surface area contributed by atoms with Gasteiger partial charge >= 0.3 is 0 Å². The molecule has 1 saturated heterocycles. The van der Waals surface area contributed by atoms with Crippen LogP contribution in [0.25, 0.3) is 6.08 Å². The topological polar surface area (TPSA) is 64.0 Å². The normalized spacial score (nSPS) is 17.2. The Balaban J connectivity index is 1.96. The van der Waals surface area contributed by atoms with Crippen LogP contribution in [0.3, 0.4) is 0 Å². The molecule has 26 heavy (non-hydrogen) atoms. The quantitative estimate of drug-likeness (QED) is 0.770. The molecule has 2 heterocycles. The van der Waals surface area contributed by atoms with Crippen LogP contribution in [0.2, 0.25) is 0 Å². The van der Waals surface area contributed by atoms with E-state index in [0.717, 1.165) is 11.3 Å². The van der Waals surface area contributed by atoms with Gasteiger partial charge in [0.2, 0.25) is 0 Å². The van der Waals surface area contributed by atoms with Crippen molar-refractivity contribution in [1.82, 2.24) is 9.88 Å². The van der Waals surface area contributed by atoms with E-state index in [-0.39, 0.29) is 5.91 Å². The van der Waals surface area contributed by atoms with Gasteiger partial charge in [-0.25, -0.2) is 9.98 Å². The highest BCUT2D eigenvalue weighted by Crippen LogP contribution is 2.37. The summed E-state index contributed by atoms with van der Waals surface area (Å²) in [7, 11) is 4.86. The first kappa shape index (κ1) is 18.0. The minimum absolute atomic E-state index is 0.119. The van der Waals surface area contributed by atoms with Gasteiger partial charge in [0.15, 0.2) is 22.5 Å². The lowest BCUT2D eigenvalue weighted by Gasteiger charge is -2.10. The van der Waals surface area contributed by atoms with Gasteiger partial charge in [-0.1, -0.05) is 18.2 Å². The van der Waals surface area contributed by atoms with Gasteiger partial charge in [-0.3, -0.25) is 9.69 Å². The molecule has 0 spiro atoms. The van der Waals surface area contributed by atoms with Gasteiger partial charge in [-0.2, -0.15) is 0 Å². The number of amides is 1. The molecule has 1 aromatic carbocycles. The lowest BCUT2D eigenvalue weighted by atomic mass is 10.1. The Morgan fingerprint density at radius 2 is 1.92 bits per heavy atom. The first-order chi connectivity index (χ1) is 12.5. The second-order valence-electron chi connectivity index (χ2n) is 5.59. The molecule has 134 valence electrons. The van der Waals surface area contributed by atoms with Crippen molar-refractivity contribution in [3.05, 3.63) is 52.6 Å². The highest BCUT2D eigenvalue weighted by Gasteiger charge is 2.31. The first-order valence-electron chi connectivity index (χ1n) is 7.94. The van der Waals surface area contributed by atoms with Gasteiger partial charge in [-0.15, -0.1) is 0 Å². The molecule has 0 aliphatic carbocycles. The number of benzene rings is 1. The smallest absolute Gasteiger partial charge is 0.266 e. The number of carbonyl (C=O) groups is 1. The molecule has 0 saturated carbocycles. The number of methoxy groups -OCH3 is 2. The zero-order valence-electron chi connectivity index (χ0n) is 15.0. The Hall–Kier alpha value is -2.80. The second kappa shape index (κ2) is 7.61. The summed E-state index contributed by atoms with van der Waals surface area (Å²) in [6.45, 7) is 1.90. The van der Waals surface area contributed by atoms with E-state index in [1.54, 1.807) is 27.3 Å². The number of amidine groups is 1. The Bertz CT molecular complexity index is 909. The number of pyridine rings is 1. The van der Waals surface area contributed by atoms with E-state index in [4.69, 9.17) is 9.47 Å². The number of aliphatic imine (C=N–C) groups is 1. The number of aromatic nitrogens is 1. The van der Waals surface area contributed by atoms with Crippen LogP contribution < -0.4 is 9.47 Å². The van der Waals surface area contributed by atoms with Crippen molar-refractivity contribution in [3.63, 3.8) is 0 Å². The molecule has 7 heteroatoms. The number of para-hydroxylation sites is 1. The fourth-order valence-corrected chi connectivity index (χ4v) is 3.47. The third-order valence-electron chi connectivity index (χ3n) is 3.81. The van der Waals surface area contributed by atoms with Crippen LogP contribution in [0.4, 0.5) is 5.82 Å². The molecule has 2 aromatic rings. The Morgan fingerprint density at radius 1 is 1.15 bits per heavy atom. The molecule has 3 rings (SSSR count). The van der Waals surface area contributed by atoms with Crippen molar-refractivity contribution in [2.45, 2.75) is 6.92 Å². The van der Waals surface area contributed by atoms with E-state index in [0.29, 0.717) is 27.4 Å². The fraction of sp³-hybridized carbons (Fsp3) is 0.211. The molecular formula is C19H19N3O3S. The maximum absolute atomic E-state index is 12.6. The van der Waals surface area contributed by atoms with Crippen LogP contribution in [0.1, 0.15) is 11.3 Å². The van der Waals surface area contributed by atoms with E-state index < -0.39 is 0 Å². The number of hydrogen-bond acceptors (Lipinski definition) is 6. The van der Waals surface area contributed by atoms with Crippen molar-refractivity contribution in [1.29, 1.82) is 0 Å². The standard InChI is InChI=1S/C19H19N3O3S/c1-12-7-5-10-16(20-12)21-19-22(2)18(23)15(26-19)11-13-8-6-9-14(24-3)17(13)25-4/h5-11H,1-4H3/b15-11-,21-19+. The van der Waals surface area contributed by atoms with E-state index in [1.165, 1.54) is 16.7 Å². The van der Waals surface area contributed by atoms with Crippen LogP contribution >= 0.6 is 11.8 Å². The maximum atomic E-state index is 12.6. The summed E-state index contributed by atoms with van der Waals surface area (Å²) in [5.74, 6) is 1.66. The Labute approximate surface area is 156 Å². The average molecular weight is 369 g/mol. The number of rotatable bonds is 4. The van der Waals surface area contributed by atoms with E-state index in [9.17, 15) is 4.79 Å². The van der Waals surface area contributed by atoms with Crippen LogP contribution in [0, 0.1) is 6.92 Å². The number of ether oxygens (including phenoxy) is 2. The summed E-state index contributed by atoms with van der Waals surface area (Å²) in [4.78, 5) is 23.5. The minimum atomic E-state index is -0.119. The molecule has 0 unspecified atom stereocenters. The Kier molecular flexibility index (Phi) is 5.27. The second-order valence-corrected chi connectivity index (χ2v) is 6.60. The Morgan fingerprint density at radius 3 is 2.62 bits per heavy atom. The van der Waals surface area contributed by atoms with Gasteiger partial charge < -0.3 is 9.47 Å². The van der Waals surface area contributed by atoms with Crippen LogP contribution in [-0.2, 0) is 4.79 Å². The predicted molar refractivity (Wildman–Crippen MR) is 104 cm³/mol. The lowest BCUT2D eigenvalue weighted by Crippen LogP contribution is -2.23. The van der Waals surface area contributed by atoms with Crippen molar-refractivity contribution in [2.75, 3.05) is 21.3 Å². The molecule has 0 bridgehead atoms. The zero-order valence-corrected chi connectivity index (χ0v) is 15.8. The van der Waals surface area contributed by atoms with Crippen molar-refractivity contribution in [3.8, 4) is 11.5 Å². The van der Waals surface area contributed by atoms with Gasteiger partial charge in [-0.05, 0) is 43.0 Å². The highest BCUT2D eigenvalue weighted by atomic mass is 32.2. The number of likely N-dealkylation sites (N-methyl/N-ethyl adjacent to an activating group) is 1. The van der Waals surface area contributed by atoms with E-state index in [2.05, 4.69) is 9.98 Å². The SMILES string of the molecule is COc1cccc(/C=C2\S/C(=N/c3cccc(C)n3)N(C)C2=O)c1OC. The predicted octanol–water partition coefficient (Wildman–Crippen LogP) is 3.64. The summed E-state index contributed by atoms with van der Waals surface area (Å²) in [5, 5.41) is 0.584. The zero-order chi connectivity index (χ0) is 18.7. The molecule has 1 aliphatic heterocycles. The van der Waals surface area contributed by atoms with Crippen LogP contribution in [-0.4, -0.2) is 42.2 Å². The molecular weight excluding hydrogens is 350 g/mol. The van der Waals surface area contributed by atoms with Gasteiger partial charge in [0.25, 0.3) is 5.91 Å². The summed E-state index contributed by atoms with van der Waals surface area (Å²) in [6, 6.07) is 11.1. The molecule has 1 aliphatic rings. The molecule has 6 nitrogen and oxygen atoms in total. The van der Waals surface area contributed by atoms with E-state index in [1.807, 2.05) is 43.3 Å².